The lowest BCUT2D eigenvalue weighted by Gasteiger charge is -2.13. The van der Waals surface area contributed by atoms with Crippen molar-refractivity contribution in [3.05, 3.63) is 39.5 Å². The summed E-state index contributed by atoms with van der Waals surface area (Å²) in [5.41, 5.74) is 4.32. The zero-order valence-electron chi connectivity index (χ0n) is 9.06. The van der Waals surface area contributed by atoms with E-state index >= 15 is 0 Å². The molecule has 1 aliphatic rings. The van der Waals surface area contributed by atoms with Gasteiger partial charge in [-0.05, 0) is 18.2 Å². The molecule has 0 amide bonds. The zero-order valence-corrected chi connectivity index (χ0v) is 10.6. The fourth-order valence-corrected chi connectivity index (χ4v) is 2.68. The van der Waals surface area contributed by atoms with Gasteiger partial charge in [0.25, 0.3) is 0 Å². The smallest absolute Gasteiger partial charge is 0.0969 e. The molecule has 5 heteroatoms. The second kappa shape index (κ2) is 4.33. The predicted octanol–water partition coefficient (Wildman–Crippen LogP) is 3.03. The van der Waals surface area contributed by atoms with Crippen LogP contribution in [0.25, 0.3) is 11.3 Å². The Kier molecular flexibility index (Phi) is 2.82. The van der Waals surface area contributed by atoms with E-state index in [4.69, 9.17) is 23.2 Å². The summed E-state index contributed by atoms with van der Waals surface area (Å²) in [5.74, 6) is 0. The van der Waals surface area contributed by atoms with Gasteiger partial charge >= 0.3 is 0 Å². The molecule has 1 aliphatic heterocycles. The predicted molar refractivity (Wildman–Crippen MR) is 69.5 cm³/mol. The molecule has 0 atom stereocenters. The lowest BCUT2D eigenvalue weighted by Crippen LogP contribution is -2.23. The molecule has 2 aromatic rings. The van der Waals surface area contributed by atoms with Crippen molar-refractivity contribution in [3.8, 4) is 11.3 Å². The van der Waals surface area contributed by atoms with Crippen LogP contribution in [0.2, 0.25) is 10.0 Å². The summed E-state index contributed by atoms with van der Waals surface area (Å²) in [4.78, 5) is 0. The average Bonchev–Trinajstić information content (AvgIpc) is 2.71. The molecule has 0 saturated carbocycles. The number of aromatic amines is 1. The Labute approximate surface area is 109 Å². The quantitative estimate of drug-likeness (QED) is 0.834. The molecule has 17 heavy (non-hydrogen) atoms. The third kappa shape index (κ3) is 2.06. The van der Waals surface area contributed by atoms with E-state index in [1.807, 2.05) is 12.1 Å². The second-order valence-corrected chi connectivity index (χ2v) is 4.99. The number of benzene rings is 1. The van der Waals surface area contributed by atoms with Crippen LogP contribution in [-0.4, -0.2) is 16.7 Å². The fourth-order valence-electron chi connectivity index (χ4n) is 2.15. The molecule has 0 unspecified atom stereocenters. The van der Waals surface area contributed by atoms with E-state index in [1.165, 1.54) is 11.3 Å². The first-order chi connectivity index (χ1) is 8.24. The van der Waals surface area contributed by atoms with Gasteiger partial charge in [-0.2, -0.15) is 5.10 Å². The van der Waals surface area contributed by atoms with Crippen molar-refractivity contribution < 1.29 is 0 Å². The monoisotopic (exact) mass is 267 g/mol. The van der Waals surface area contributed by atoms with E-state index < -0.39 is 0 Å². The first kappa shape index (κ1) is 11.1. The highest BCUT2D eigenvalue weighted by molar-refractivity contribution is 6.35. The van der Waals surface area contributed by atoms with Gasteiger partial charge in [0, 0.05) is 46.4 Å². The van der Waals surface area contributed by atoms with Crippen molar-refractivity contribution in [1.82, 2.24) is 15.5 Å². The highest BCUT2D eigenvalue weighted by Crippen LogP contribution is 2.30. The molecule has 0 saturated heterocycles. The van der Waals surface area contributed by atoms with Crippen LogP contribution in [-0.2, 0) is 13.0 Å². The molecule has 0 bridgehead atoms. The van der Waals surface area contributed by atoms with Crippen molar-refractivity contribution in [2.45, 2.75) is 13.0 Å². The van der Waals surface area contributed by atoms with Crippen LogP contribution in [0.5, 0.6) is 0 Å². The molecule has 1 aromatic carbocycles. The summed E-state index contributed by atoms with van der Waals surface area (Å²) >= 11 is 12.0. The number of nitrogens with one attached hydrogen (secondary N) is 2. The molecular weight excluding hydrogens is 257 g/mol. The molecule has 0 fully saturated rings. The Morgan fingerprint density at radius 2 is 1.88 bits per heavy atom. The van der Waals surface area contributed by atoms with Gasteiger partial charge in [0.2, 0.25) is 0 Å². The maximum Gasteiger partial charge on any atom is 0.0969 e. The number of fused-ring (bicyclic) bond motifs is 1. The number of aromatic nitrogens is 2. The Morgan fingerprint density at radius 3 is 2.65 bits per heavy atom. The number of hydrogen-bond donors (Lipinski definition) is 2. The summed E-state index contributed by atoms with van der Waals surface area (Å²) in [5, 5.41) is 12.1. The molecular formula is C12H11Cl2N3. The van der Waals surface area contributed by atoms with E-state index in [2.05, 4.69) is 15.5 Å². The highest BCUT2D eigenvalue weighted by atomic mass is 35.5. The molecule has 3 rings (SSSR count). The molecule has 0 radical (unpaired) electrons. The SMILES string of the molecule is Clc1cc(Cl)cc(-c2n[nH]c3c2CNCC3)c1. The van der Waals surface area contributed by atoms with Gasteiger partial charge in [-0.3, -0.25) is 5.10 Å². The van der Waals surface area contributed by atoms with Gasteiger partial charge < -0.3 is 5.32 Å². The minimum atomic E-state index is 0.632. The first-order valence-corrected chi connectivity index (χ1v) is 6.23. The summed E-state index contributed by atoms with van der Waals surface area (Å²) in [7, 11) is 0. The lowest BCUT2D eigenvalue weighted by atomic mass is 10.0. The van der Waals surface area contributed by atoms with Crippen LogP contribution in [0.15, 0.2) is 18.2 Å². The Balaban J connectivity index is 2.11. The van der Waals surface area contributed by atoms with Crippen molar-refractivity contribution in [2.75, 3.05) is 6.54 Å². The van der Waals surface area contributed by atoms with Crippen LogP contribution < -0.4 is 5.32 Å². The van der Waals surface area contributed by atoms with Crippen molar-refractivity contribution in [2.24, 2.45) is 0 Å². The van der Waals surface area contributed by atoms with E-state index in [0.29, 0.717) is 10.0 Å². The van der Waals surface area contributed by atoms with Crippen molar-refractivity contribution >= 4 is 23.2 Å². The summed E-state index contributed by atoms with van der Waals surface area (Å²) in [6.07, 6.45) is 0.983. The first-order valence-electron chi connectivity index (χ1n) is 5.47. The lowest BCUT2D eigenvalue weighted by molar-refractivity contribution is 0.637. The third-order valence-electron chi connectivity index (χ3n) is 2.94. The molecule has 0 spiro atoms. The molecule has 2 heterocycles. The van der Waals surface area contributed by atoms with Crippen LogP contribution in [0.1, 0.15) is 11.3 Å². The second-order valence-electron chi connectivity index (χ2n) is 4.11. The van der Waals surface area contributed by atoms with E-state index in [-0.39, 0.29) is 0 Å². The van der Waals surface area contributed by atoms with Gasteiger partial charge in [-0.1, -0.05) is 23.2 Å². The van der Waals surface area contributed by atoms with Crippen LogP contribution in [0.4, 0.5) is 0 Å². The van der Waals surface area contributed by atoms with E-state index in [9.17, 15) is 0 Å². The number of rotatable bonds is 1. The highest BCUT2D eigenvalue weighted by Gasteiger charge is 2.17. The van der Waals surface area contributed by atoms with Crippen molar-refractivity contribution in [1.29, 1.82) is 0 Å². The number of halogens is 2. The third-order valence-corrected chi connectivity index (χ3v) is 3.38. The topological polar surface area (TPSA) is 40.7 Å². The summed E-state index contributed by atoms with van der Waals surface area (Å²) in [6, 6.07) is 5.50. The van der Waals surface area contributed by atoms with Crippen LogP contribution in [0.3, 0.4) is 0 Å². The van der Waals surface area contributed by atoms with Crippen LogP contribution >= 0.6 is 23.2 Å². The van der Waals surface area contributed by atoms with Gasteiger partial charge in [0.1, 0.15) is 0 Å². The summed E-state index contributed by atoms with van der Waals surface area (Å²) < 4.78 is 0. The maximum atomic E-state index is 6.01. The molecule has 2 N–H and O–H groups in total. The minimum Gasteiger partial charge on any atom is -0.312 e. The fraction of sp³-hybridized carbons (Fsp3) is 0.250. The molecule has 88 valence electrons. The van der Waals surface area contributed by atoms with E-state index in [1.54, 1.807) is 6.07 Å². The van der Waals surface area contributed by atoms with Crippen LogP contribution in [0, 0.1) is 0 Å². The average molecular weight is 268 g/mol. The van der Waals surface area contributed by atoms with Gasteiger partial charge in [0.15, 0.2) is 0 Å². The number of hydrogen-bond acceptors (Lipinski definition) is 2. The maximum absolute atomic E-state index is 6.01. The standard InChI is InChI=1S/C12H11Cl2N3/c13-8-3-7(4-9(14)5-8)12-10-6-15-2-1-11(10)16-17-12/h3-5,15H,1-2,6H2,(H,16,17). The zero-order chi connectivity index (χ0) is 11.8. The normalized spacial score (nSPS) is 14.7. The number of H-pyrrole nitrogens is 1. The molecule has 3 nitrogen and oxygen atoms in total. The summed E-state index contributed by atoms with van der Waals surface area (Å²) in [6.45, 7) is 1.83. The largest absolute Gasteiger partial charge is 0.312 e. The Hall–Kier alpha value is -1.03. The van der Waals surface area contributed by atoms with Gasteiger partial charge in [-0.25, -0.2) is 0 Å². The van der Waals surface area contributed by atoms with Crippen molar-refractivity contribution in [3.63, 3.8) is 0 Å². The molecule has 1 aromatic heterocycles. The Bertz CT molecular complexity index is 543. The van der Waals surface area contributed by atoms with Gasteiger partial charge in [0.05, 0.1) is 5.69 Å². The Morgan fingerprint density at radius 1 is 1.12 bits per heavy atom. The number of nitrogens with zero attached hydrogens (tertiary/aromatic N) is 1. The molecule has 0 aliphatic carbocycles. The van der Waals surface area contributed by atoms with Gasteiger partial charge in [-0.15, -0.1) is 0 Å². The minimum absolute atomic E-state index is 0.632. The van der Waals surface area contributed by atoms with E-state index in [0.717, 1.165) is 30.8 Å².